The predicted molar refractivity (Wildman–Crippen MR) is 186 cm³/mol. The Morgan fingerprint density at radius 3 is 0.690 bits per heavy atom. The average molecular weight is 597 g/mol. The van der Waals surface area contributed by atoms with Gasteiger partial charge in [0.05, 0.1) is 12.2 Å². The van der Waals surface area contributed by atoms with Crippen molar-refractivity contribution in [2.45, 2.75) is 244 Å². The van der Waals surface area contributed by atoms with Gasteiger partial charge in [0.2, 0.25) is 0 Å². The number of aliphatic hydroxyl groups is 3. The molecule has 0 spiro atoms. The van der Waals surface area contributed by atoms with Crippen LogP contribution in [-0.4, -0.2) is 33.1 Å². The van der Waals surface area contributed by atoms with Gasteiger partial charge in [-0.15, -0.1) is 0 Å². The molecule has 0 fully saturated rings. The molecule has 0 radical (unpaired) electrons. The minimum absolute atomic E-state index is 0.323. The van der Waals surface area contributed by atoms with Crippen molar-refractivity contribution in [1.82, 2.24) is 0 Å². The third-order valence-corrected chi connectivity index (χ3v) is 9.96. The van der Waals surface area contributed by atoms with Gasteiger partial charge in [0.25, 0.3) is 0 Å². The van der Waals surface area contributed by atoms with E-state index in [1.807, 2.05) is 0 Å². The molecule has 0 aromatic carbocycles. The predicted octanol–water partition coefficient (Wildman–Crippen LogP) is 12.4. The van der Waals surface area contributed by atoms with E-state index >= 15 is 0 Å². The van der Waals surface area contributed by atoms with E-state index in [0.29, 0.717) is 19.3 Å². The van der Waals surface area contributed by atoms with E-state index < -0.39 is 11.2 Å². The van der Waals surface area contributed by atoms with Gasteiger partial charge in [0.1, 0.15) is 5.60 Å². The van der Waals surface area contributed by atoms with Crippen LogP contribution in [0.1, 0.15) is 233 Å². The van der Waals surface area contributed by atoms with E-state index in [2.05, 4.69) is 20.8 Å². The Morgan fingerprint density at radius 1 is 0.286 bits per heavy atom. The number of rotatable bonds is 35. The second-order valence-corrected chi connectivity index (χ2v) is 14.0. The number of hydrogen-bond acceptors (Lipinski definition) is 3. The molecule has 0 amide bonds. The minimum atomic E-state index is -1.37. The first-order valence-corrected chi connectivity index (χ1v) is 19.5. The van der Waals surface area contributed by atoms with Crippen LogP contribution in [0, 0.1) is 0 Å². The number of hydrogen-bond donors (Lipinski definition) is 3. The maximum absolute atomic E-state index is 11.9. The molecule has 254 valence electrons. The van der Waals surface area contributed by atoms with Crippen molar-refractivity contribution in [2.75, 3.05) is 6.61 Å². The monoisotopic (exact) mass is 597 g/mol. The lowest BCUT2D eigenvalue weighted by molar-refractivity contribution is -0.185. The smallest absolute Gasteiger partial charge is 0.116 e. The Bertz CT molecular complexity index is 498. The van der Waals surface area contributed by atoms with Crippen molar-refractivity contribution in [1.29, 1.82) is 0 Å². The fourth-order valence-corrected chi connectivity index (χ4v) is 6.76. The molecule has 3 heteroatoms. The maximum Gasteiger partial charge on any atom is 0.116 e. The Kier molecular flexibility index (Phi) is 30.8. The van der Waals surface area contributed by atoms with E-state index in [1.165, 1.54) is 154 Å². The molecule has 0 heterocycles. The van der Waals surface area contributed by atoms with Crippen LogP contribution in [0.2, 0.25) is 0 Å². The van der Waals surface area contributed by atoms with Crippen LogP contribution in [-0.2, 0) is 0 Å². The molecule has 0 saturated heterocycles. The van der Waals surface area contributed by atoms with Crippen molar-refractivity contribution in [3.63, 3.8) is 0 Å². The van der Waals surface area contributed by atoms with Gasteiger partial charge in [-0.05, 0) is 19.3 Å². The second-order valence-electron chi connectivity index (χ2n) is 14.0. The fourth-order valence-electron chi connectivity index (χ4n) is 6.76. The molecule has 3 N–H and O–H groups in total. The molecule has 42 heavy (non-hydrogen) atoms. The van der Waals surface area contributed by atoms with Gasteiger partial charge in [-0.25, -0.2) is 0 Å². The van der Waals surface area contributed by atoms with E-state index in [4.69, 9.17) is 0 Å². The lowest BCUT2D eigenvalue weighted by Gasteiger charge is -2.43. The third kappa shape index (κ3) is 23.3. The molecular formula is C39H80O3. The second kappa shape index (κ2) is 30.9. The highest BCUT2D eigenvalue weighted by molar-refractivity contribution is 4.99. The van der Waals surface area contributed by atoms with Crippen molar-refractivity contribution < 1.29 is 15.3 Å². The first kappa shape index (κ1) is 41.9. The van der Waals surface area contributed by atoms with Crippen LogP contribution in [0.15, 0.2) is 0 Å². The van der Waals surface area contributed by atoms with Crippen LogP contribution < -0.4 is 0 Å². The summed E-state index contributed by atoms with van der Waals surface area (Å²) in [7, 11) is 0. The summed E-state index contributed by atoms with van der Waals surface area (Å²) in [5.74, 6) is 0. The summed E-state index contributed by atoms with van der Waals surface area (Å²) in [6.07, 6.45) is 39.6. The summed E-state index contributed by atoms with van der Waals surface area (Å²) in [5.41, 5.74) is -2.53. The Morgan fingerprint density at radius 2 is 0.476 bits per heavy atom. The normalized spacial score (nSPS) is 13.6. The minimum Gasteiger partial charge on any atom is -0.393 e. The number of aliphatic hydroxyl groups excluding tert-OH is 1. The maximum atomic E-state index is 11.9. The van der Waals surface area contributed by atoms with E-state index in [0.717, 1.165) is 38.5 Å². The van der Waals surface area contributed by atoms with Crippen LogP contribution in [0.3, 0.4) is 0 Å². The van der Waals surface area contributed by atoms with Crippen LogP contribution >= 0.6 is 0 Å². The van der Waals surface area contributed by atoms with Crippen LogP contribution in [0.4, 0.5) is 0 Å². The van der Waals surface area contributed by atoms with Crippen molar-refractivity contribution in [3.8, 4) is 0 Å². The van der Waals surface area contributed by atoms with Crippen molar-refractivity contribution >= 4 is 0 Å². The van der Waals surface area contributed by atoms with Gasteiger partial charge in [0, 0.05) is 0 Å². The molecule has 0 aromatic heterocycles. The topological polar surface area (TPSA) is 60.7 Å². The zero-order valence-electron chi connectivity index (χ0n) is 29.4. The summed E-state index contributed by atoms with van der Waals surface area (Å²) in [5, 5.41) is 33.9. The van der Waals surface area contributed by atoms with Crippen molar-refractivity contribution in [3.05, 3.63) is 0 Å². The Hall–Kier alpha value is -0.120. The van der Waals surface area contributed by atoms with Gasteiger partial charge in [-0.1, -0.05) is 213 Å². The van der Waals surface area contributed by atoms with Crippen molar-refractivity contribution in [2.24, 2.45) is 0 Å². The zero-order chi connectivity index (χ0) is 31.0. The first-order valence-electron chi connectivity index (χ1n) is 19.5. The van der Waals surface area contributed by atoms with Crippen LogP contribution in [0.5, 0.6) is 0 Å². The molecule has 1 atom stereocenters. The SMILES string of the molecule is CCCCCCCCCCCCC(O)(CO)C(O)(CCCCCCCCCCCC)CCCCCCCCCCCC. The van der Waals surface area contributed by atoms with Gasteiger partial charge in [-0.2, -0.15) is 0 Å². The molecule has 1 unspecified atom stereocenters. The summed E-state index contributed by atoms with van der Waals surface area (Å²) < 4.78 is 0. The lowest BCUT2D eigenvalue weighted by atomic mass is 9.73. The molecule has 0 rings (SSSR count). The molecule has 0 aromatic rings. The molecular weight excluding hydrogens is 516 g/mol. The lowest BCUT2D eigenvalue weighted by Crippen LogP contribution is -2.56. The highest BCUT2D eigenvalue weighted by Crippen LogP contribution is 2.37. The molecule has 3 nitrogen and oxygen atoms in total. The highest BCUT2D eigenvalue weighted by Gasteiger charge is 2.47. The van der Waals surface area contributed by atoms with Crippen LogP contribution in [0.25, 0.3) is 0 Å². The van der Waals surface area contributed by atoms with E-state index in [1.54, 1.807) is 0 Å². The van der Waals surface area contributed by atoms with Gasteiger partial charge < -0.3 is 15.3 Å². The standard InChI is InChI=1S/C39H80O3/c1-4-7-10-13-16-19-22-25-28-31-34-38(41,35-32-29-26-23-20-17-14-11-8-5-2)39(42,37-40)36-33-30-27-24-21-18-15-12-9-6-3/h40-42H,4-37H2,1-3H3. The summed E-state index contributed by atoms with van der Waals surface area (Å²) >= 11 is 0. The van der Waals surface area contributed by atoms with Gasteiger partial charge >= 0.3 is 0 Å². The molecule has 0 aliphatic heterocycles. The summed E-state index contributed by atoms with van der Waals surface area (Å²) in [4.78, 5) is 0. The Balaban J connectivity index is 4.57. The molecule has 0 aliphatic rings. The van der Waals surface area contributed by atoms with E-state index in [9.17, 15) is 15.3 Å². The fraction of sp³-hybridized carbons (Fsp3) is 1.00. The Labute approximate surface area is 265 Å². The number of unbranched alkanes of at least 4 members (excludes halogenated alkanes) is 27. The average Bonchev–Trinajstić information content (AvgIpc) is 2.99. The molecule has 0 aliphatic carbocycles. The van der Waals surface area contributed by atoms with E-state index in [-0.39, 0.29) is 6.61 Å². The quantitative estimate of drug-likeness (QED) is 0.0638. The third-order valence-electron chi connectivity index (χ3n) is 9.96. The largest absolute Gasteiger partial charge is 0.393 e. The highest BCUT2D eigenvalue weighted by atomic mass is 16.4. The summed E-state index contributed by atoms with van der Waals surface area (Å²) in [6, 6.07) is 0. The molecule has 0 saturated carbocycles. The van der Waals surface area contributed by atoms with Gasteiger partial charge in [0.15, 0.2) is 0 Å². The van der Waals surface area contributed by atoms with Gasteiger partial charge in [-0.3, -0.25) is 0 Å². The molecule has 0 bridgehead atoms. The summed E-state index contributed by atoms with van der Waals surface area (Å²) in [6.45, 7) is 6.49. The first-order chi connectivity index (χ1) is 20.5. The zero-order valence-corrected chi connectivity index (χ0v) is 29.4.